The van der Waals surface area contributed by atoms with E-state index in [0.29, 0.717) is 28.3 Å². The lowest BCUT2D eigenvalue weighted by Gasteiger charge is -2.15. The summed E-state index contributed by atoms with van der Waals surface area (Å²) in [5.74, 6) is 7.33. The average molecular weight is 579 g/mol. The number of nitrogen functional groups attached to an aromatic ring is 1. The van der Waals surface area contributed by atoms with Crippen LogP contribution in [-0.2, 0) is 0 Å². The van der Waals surface area contributed by atoms with E-state index < -0.39 is 0 Å². The van der Waals surface area contributed by atoms with E-state index in [-0.39, 0.29) is 11.7 Å². The Morgan fingerprint density at radius 3 is 2.05 bits per heavy atom. The van der Waals surface area contributed by atoms with Crippen LogP contribution in [-0.4, -0.2) is 32.1 Å². The van der Waals surface area contributed by atoms with Crippen LogP contribution in [0.5, 0.6) is 0 Å². The Hall–Kier alpha value is -6.60. The van der Waals surface area contributed by atoms with Crippen LogP contribution in [0.2, 0.25) is 0 Å². The third-order valence-corrected chi connectivity index (χ3v) is 7.18. The lowest BCUT2D eigenvalue weighted by atomic mass is 9.98. The van der Waals surface area contributed by atoms with Gasteiger partial charge in [-0.15, -0.1) is 0 Å². The van der Waals surface area contributed by atoms with Gasteiger partial charge in [0.1, 0.15) is 11.6 Å². The molecular formula is C34H26N8O2. The van der Waals surface area contributed by atoms with Crippen molar-refractivity contribution in [1.29, 1.82) is 0 Å². The fourth-order valence-corrected chi connectivity index (χ4v) is 4.91. The van der Waals surface area contributed by atoms with Gasteiger partial charge in [0.15, 0.2) is 11.7 Å². The Balaban J connectivity index is 1.41. The Bertz CT molecular complexity index is 2150. The van der Waals surface area contributed by atoms with Crippen molar-refractivity contribution in [3.05, 3.63) is 126 Å². The number of benzene rings is 4. The first-order chi connectivity index (χ1) is 21.4. The van der Waals surface area contributed by atoms with Crippen LogP contribution in [0.4, 0.5) is 17.3 Å². The van der Waals surface area contributed by atoms with Crippen molar-refractivity contribution in [1.82, 2.24) is 9.97 Å². The second kappa shape index (κ2) is 11.7. The molecule has 0 aliphatic carbocycles. The summed E-state index contributed by atoms with van der Waals surface area (Å²) in [4.78, 5) is 9.12. The zero-order valence-electron chi connectivity index (χ0n) is 23.2. The lowest BCUT2D eigenvalue weighted by Crippen LogP contribution is -2.12. The number of aromatic nitrogens is 2. The molecule has 0 unspecified atom stereocenters. The number of amidine groups is 2. The number of fused-ring (bicyclic) bond motifs is 2. The molecule has 44 heavy (non-hydrogen) atoms. The summed E-state index contributed by atoms with van der Waals surface area (Å²) in [6.45, 7) is 0. The largest absolute Gasteiger partial charge is 0.409 e. The maximum Gasteiger partial charge on any atom is 0.170 e. The molecule has 0 aliphatic rings. The standard InChI is InChI=1S/C34H26N8O2/c35-31(41-43)22-8-5-20(6-9-22)7-16-28-29-17-26(15-14-25(29)18-38-33(28)37)40-34-30(27-4-2-1-3-24(27)19-39-34)21-10-12-23(13-11-21)32(36)42-44/h1-6,8-15,17-19,43-44H,(H2,35,41)(H2,36,42)(H2,37,38)(H,39,40). The Labute approximate surface area is 252 Å². The molecule has 4 aromatic carbocycles. The first-order valence-corrected chi connectivity index (χ1v) is 13.5. The first kappa shape index (κ1) is 27.6. The summed E-state index contributed by atoms with van der Waals surface area (Å²) in [7, 11) is 0. The van der Waals surface area contributed by atoms with Crippen molar-refractivity contribution in [3.8, 4) is 23.0 Å². The number of oxime groups is 2. The summed E-state index contributed by atoms with van der Waals surface area (Å²) < 4.78 is 0. The van der Waals surface area contributed by atoms with E-state index in [9.17, 15) is 0 Å². The van der Waals surface area contributed by atoms with Crippen molar-refractivity contribution in [3.63, 3.8) is 0 Å². The molecule has 0 bridgehead atoms. The quantitative estimate of drug-likeness (QED) is 0.0519. The number of hydrogen-bond donors (Lipinski definition) is 6. The number of pyridine rings is 2. The van der Waals surface area contributed by atoms with Crippen LogP contribution in [0.1, 0.15) is 22.3 Å². The molecule has 6 rings (SSSR count). The van der Waals surface area contributed by atoms with Crippen LogP contribution in [0.15, 0.2) is 114 Å². The van der Waals surface area contributed by atoms with Gasteiger partial charge in [-0.1, -0.05) is 76.7 Å². The fourth-order valence-electron chi connectivity index (χ4n) is 4.91. The Morgan fingerprint density at radius 2 is 1.34 bits per heavy atom. The highest BCUT2D eigenvalue weighted by Crippen LogP contribution is 2.36. The van der Waals surface area contributed by atoms with Gasteiger partial charge in [0.25, 0.3) is 0 Å². The van der Waals surface area contributed by atoms with Crippen molar-refractivity contribution < 1.29 is 10.4 Å². The molecule has 0 radical (unpaired) electrons. The molecule has 2 aromatic heterocycles. The molecule has 10 nitrogen and oxygen atoms in total. The van der Waals surface area contributed by atoms with Crippen LogP contribution in [0.25, 0.3) is 32.7 Å². The molecule has 6 aromatic rings. The van der Waals surface area contributed by atoms with Gasteiger partial charge in [-0.25, -0.2) is 9.97 Å². The number of hydrogen-bond acceptors (Lipinski definition) is 8. The van der Waals surface area contributed by atoms with Crippen molar-refractivity contribution in [2.75, 3.05) is 11.1 Å². The van der Waals surface area contributed by atoms with Gasteiger partial charge in [0.2, 0.25) is 0 Å². The lowest BCUT2D eigenvalue weighted by molar-refractivity contribution is 0.318. The van der Waals surface area contributed by atoms with E-state index in [0.717, 1.165) is 43.9 Å². The smallest absolute Gasteiger partial charge is 0.170 e. The highest BCUT2D eigenvalue weighted by atomic mass is 16.4. The number of rotatable bonds is 5. The number of nitrogens with two attached hydrogens (primary N) is 3. The fraction of sp³-hybridized carbons (Fsp3) is 0. The Kier molecular flexibility index (Phi) is 7.34. The molecule has 0 aliphatic heterocycles. The van der Waals surface area contributed by atoms with E-state index in [1.165, 1.54) is 0 Å². The highest BCUT2D eigenvalue weighted by Gasteiger charge is 2.14. The average Bonchev–Trinajstić information content (AvgIpc) is 3.07. The number of nitrogens with one attached hydrogen (secondary N) is 1. The van der Waals surface area contributed by atoms with Gasteiger partial charge in [0.05, 0.1) is 5.56 Å². The predicted molar refractivity (Wildman–Crippen MR) is 174 cm³/mol. The minimum Gasteiger partial charge on any atom is -0.409 e. The summed E-state index contributed by atoms with van der Waals surface area (Å²) in [6.07, 6.45) is 3.55. The third-order valence-electron chi connectivity index (χ3n) is 7.18. The molecule has 10 heteroatoms. The third kappa shape index (κ3) is 5.36. The molecule has 0 spiro atoms. The van der Waals surface area contributed by atoms with E-state index in [1.54, 1.807) is 42.6 Å². The topological polar surface area (TPSA) is 181 Å². The summed E-state index contributed by atoms with van der Waals surface area (Å²) in [5.41, 5.74) is 22.9. The number of anilines is 3. The van der Waals surface area contributed by atoms with Gasteiger partial charge in [0, 0.05) is 56.5 Å². The molecule has 0 saturated heterocycles. The van der Waals surface area contributed by atoms with Crippen LogP contribution < -0.4 is 22.5 Å². The van der Waals surface area contributed by atoms with Crippen LogP contribution in [0.3, 0.4) is 0 Å². The Morgan fingerprint density at radius 1 is 0.705 bits per heavy atom. The van der Waals surface area contributed by atoms with Gasteiger partial charge < -0.3 is 32.9 Å². The van der Waals surface area contributed by atoms with E-state index >= 15 is 0 Å². The minimum absolute atomic E-state index is 0.0222. The molecule has 0 fully saturated rings. The molecular weight excluding hydrogens is 552 g/mol. The maximum atomic E-state index is 9.07. The predicted octanol–water partition coefficient (Wildman–Crippen LogP) is 5.36. The molecule has 9 N–H and O–H groups in total. The summed E-state index contributed by atoms with van der Waals surface area (Å²) >= 11 is 0. The minimum atomic E-state index is 0.0222. The zero-order valence-corrected chi connectivity index (χ0v) is 23.2. The summed E-state index contributed by atoms with van der Waals surface area (Å²) in [6, 6.07) is 28.3. The van der Waals surface area contributed by atoms with Crippen molar-refractivity contribution in [2.24, 2.45) is 21.8 Å². The maximum absolute atomic E-state index is 9.07. The van der Waals surface area contributed by atoms with Gasteiger partial charge in [-0.3, -0.25) is 0 Å². The van der Waals surface area contributed by atoms with Gasteiger partial charge in [-0.2, -0.15) is 0 Å². The first-order valence-electron chi connectivity index (χ1n) is 13.5. The van der Waals surface area contributed by atoms with E-state index in [4.69, 9.17) is 32.6 Å². The molecule has 2 heterocycles. The number of nitrogens with zero attached hydrogens (tertiary/aromatic N) is 4. The van der Waals surface area contributed by atoms with Crippen LogP contribution in [0, 0.1) is 11.8 Å². The molecule has 214 valence electrons. The SMILES string of the molecule is N/C(=N/O)c1ccc(C#Cc2c(N)ncc3ccc(Nc4ncc5ccccc5c4-c4ccc(/C(N)=N\O)cc4)cc23)cc1. The zero-order chi connectivity index (χ0) is 30.6. The van der Waals surface area contributed by atoms with Crippen molar-refractivity contribution in [2.45, 2.75) is 0 Å². The van der Waals surface area contributed by atoms with Gasteiger partial charge in [-0.05, 0) is 47.3 Å². The van der Waals surface area contributed by atoms with E-state index in [2.05, 4.69) is 32.5 Å². The van der Waals surface area contributed by atoms with Crippen molar-refractivity contribution >= 4 is 50.5 Å². The molecule has 0 amide bonds. The second-order valence-corrected chi connectivity index (χ2v) is 9.89. The molecule has 0 atom stereocenters. The highest BCUT2D eigenvalue weighted by molar-refractivity contribution is 6.03. The molecule has 0 saturated carbocycles. The summed E-state index contributed by atoms with van der Waals surface area (Å²) in [5, 5.41) is 31.3. The second-order valence-electron chi connectivity index (χ2n) is 9.89. The van der Waals surface area contributed by atoms with E-state index in [1.807, 2.05) is 60.8 Å². The van der Waals surface area contributed by atoms with Gasteiger partial charge >= 0.3 is 0 Å². The monoisotopic (exact) mass is 578 g/mol. The normalized spacial score (nSPS) is 11.7. The van der Waals surface area contributed by atoms with Crippen LogP contribution >= 0.6 is 0 Å².